The summed E-state index contributed by atoms with van der Waals surface area (Å²) >= 11 is 1.65. The standard InChI is InChI=1S/C24H21F3N2OS/c25-19-6-8-20-7-3-16-11-17(1-2-18(16)12-29(20)13-19)23-28-22(14-31-23)15-4-9-21(10-5-15)30-24(26)27/h3-10,13-14,17-18,24H,1-2,11-12H2/t17-,18+/m0/s1. The number of ether oxygens (including phenoxy) is 1. The van der Waals surface area contributed by atoms with E-state index in [0.717, 1.165) is 47.8 Å². The molecular formula is C24H21F3N2OS. The fourth-order valence-corrected chi connectivity index (χ4v) is 5.41. The van der Waals surface area contributed by atoms with Crippen LogP contribution in [0.25, 0.3) is 11.3 Å². The smallest absolute Gasteiger partial charge is 0.387 e. The molecule has 2 atom stereocenters. The minimum atomic E-state index is -2.83. The second kappa shape index (κ2) is 8.38. The molecule has 0 amide bonds. The van der Waals surface area contributed by atoms with Crippen LogP contribution >= 0.6 is 11.3 Å². The fraction of sp³-hybridized carbons (Fsp3) is 0.292. The van der Waals surface area contributed by atoms with E-state index in [4.69, 9.17) is 4.98 Å². The van der Waals surface area contributed by atoms with Crippen LogP contribution < -0.4 is 4.74 Å². The molecular weight excluding hydrogens is 421 g/mol. The van der Waals surface area contributed by atoms with Gasteiger partial charge in [-0.15, -0.1) is 11.3 Å². The van der Waals surface area contributed by atoms with E-state index in [1.54, 1.807) is 29.7 Å². The number of halogens is 3. The predicted octanol–water partition coefficient (Wildman–Crippen LogP) is 6.80. The first-order chi connectivity index (χ1) is 15.0. The molecule has 0 spiro atoms. The van der Waals surface area contributed by atoms with E-state index in [9.17, 15) is 13.2 Å². The molecule has 1 saturated carbocycles. The van der Waals surface area contributed by atoms with E-state index in [2.05, 4.69) is 16.9 Å². The average molecular weight is 443 g/mol. The van der Waals surface area contributed by atoms with Crippen molar-refractivity contribution >= 4 is 11.3 Å². The third-order valence-corrected chi connectivity index (χ3v) is 7.03. The van der Waals surface area contributed by atoms with Gasteiger partial charge < -0.3 is 9.64 Å². The number of fused-ring (bicyclic) bond motifs is 2. The summed E-state index contributed by atoms with van der Waals surface area (Å²) in [5, 5.41) is 3.12. The number of benzene rings is 1. The SMILES string of the molecule is FC1=CN2C[C@H]3CC[C@H](c4nc(-c5ccc(OC(F)F)cc5)cs4)CC3=CC=C2C=C1. The van der Waals surface area contributed by atoms with Crippen LogP contribution in [0, 0.1) is 5.92 Å². The van der Waals surface area contributed by atoms with Crippen molar-refractivity contribution in [3.8, 4) is 17.0 Å². The van der Waals surface area contributed by atoms with Crippen LogP contribution in [0.2, 0.25) is 0 Å². The highest BCUT2D eigenvalue weighted by atomic mass is 32.1. The zero-order valence-electron chi connectivity index (χ0n) is 16.7. The Morgan fingerprint density at radius 2 is 1.87 bits per heavy atom. The normalized spacial score (nSPS) is 22.8. The summed E-state index contributed by atoms with van der Waals surface area (Å²) in [5.74, 6) is 0.711. The van der Waals surface area contributed by atoms with Crippen molar-refractivity contribution < 1.29 is 17.9 Å². The van der Waals surface area contributed by atoms with Crippen molar-refractivity contribution in [1.82, 2.24) is 9.88 Å². The van der Waals surface area contributed by atoms with Gasteiger partial charge in [0.2, 0.25) is 0 Å². The van der Waals surface area contributed by atoms with Crippen molar-refractivity contribution in [3.63, 3.8) is 0 Å². The molecule has 3 heterocycles. The molecule has 0 radical (unpaired) electrons. The first-order valence-electron chi connectivity index (χ1n) is 10.3. The maximum Gasteiger partial charge on any atom is 0.387 e. The number of aromatic nitrogens is 1. The van der Waals surface area contributed by atoms with Gasteiger partial charge in [-0.2, -0.15) is 8.78 Å². The Balaban J connectivity index is 1.30. The lowest BCUT2D eigenvalue weighted by Gasteiger charge is -2.33. The highest BCUT2D eigenvalue weighted by Gasteiger charge is 2.31. The lowest BCUT2D eigenvalue weighted by Crippen LogP contribution is -2.28. The quantitative estimate of drug-likeness (QED) is 0.521. The molecule has 2 aromatic rings. The van der Waals surface area contributed by atoms with Crippen LogP contribution in [0.1, 0.15) is 30.2 Å². The Bertz CT molecular complexity index is 1080. The monoisotopic (exact) mass is 442 g/mol. The Morgan fingerprint density at radius 1 is 1.06 bits per heavy atom. The summed E-state index contributed by atoms with van der Waals surface area (Å²) in [6.45, 7) is -2.02. The number of rotatable bonds is 4. The number of thiazole rings is 1. The summed E-state index contributed by atoms with van der Waals surface area (Å²) in [7, 11) is 0. The van der Waals surface area contributed by atoms with Crippen LogP contribution in [0.4, 0.5) is 13.2 Å². The fourth-order valence-electron chi connectivity index (χ4n) is 4.45. The van der Waals surface area contributed by atoms with Gasteiger partial charge in [0.15, 0.2) is 0 Å². The summed E-state index contributed by atoms with van der Waals surface area (Å²) in [5.41, 5.74) is 4.15. The number of nitrogens with zero attached hydrogens (tertiary/aromatic N) is 2. The lowest BCUT2D eigenvalue weighted by molar-refractivity contribution is -0.0498. The average Bonchev–Trinajstić information content (AvgIpc) is 3.17. The number of alkyl halides is 2. The molecule has 0 N–H and O–H groups in total. The molecule has 7 heteroatoms. The van der Waals surface area contributed by atoms with Gasteiger partial charge in [-0.05, 0) is 67.7 Å². The van der Waals surface area contributed by atoms with E-state index in [1.165, 1.54) is 23.8 Å². The Labute approximate surface area is 182 Å². The van der Waals surface area contributed by atoms with Gasteiger partial charge in [-0.1, -0.05) is 11.6 Å². The zero-order chi connectivity index (χ0) is 21.4. The number of hydrogen-bond acceptors (Lipinski definition) is 4. The lowest BCUT2D eigenvalue weighted by atomic mass is 9.78. The summed E-state index contributed by atoms with van der Waals surface area (Å²) in [6.07, 6.45) is 12.2. The van der Waals surface area contributed by atoms with Crippen LogP contribution in [0.5, 0.6) is 5.75 Å². The topological polar surface area (TPSA) is 25.4 Å². The van der Waals surface area contributed by atoms with Gasteiger partial charge in [-0.25, -0.2) is 9.37 Å². The first-order valence-corrected chi connectivity index (χ1v) is 11.2. The summed E-state index contributed by atoms with van der Waals surface area (Å²) < 4.78 is 42.7. The maximum atomic E-state index is 13.7. The molecule has 1 aromatic carbocycles. The number of allylic oxidation sites excluding steroid dienone is 5. The molecule has 1 aromatic heterocycles. The van der Waals surface area contributed by atoms with E-state index in [-0.39, 0.29) is 11.6 Å². The van der Waals surface area contributed by atoms with Crippen molar-refractivity contribution in [1.29, 1.82) is 0 Å². The second-order valence-electron chi connectivity index (χ2n) is 7.98. The minimum Gasteiger partial charge on any atom is -0.435 e. The minimum absolute atomic E-state index is 0.142. The van der Waals surface area contributed by atoms with Gasteiger partial charge in [0.25, 0.3) is 0 Å². The van der Waals surface area contributed by atoms with Gasteiger partial charge in [0.1, 0.15) is 11.6 Å². The maximum absolute atomic E-state index is 13.7. The Kier molecular flexibility index (Phi) is 5.44. The third kappa shape index (κ3) is 4.32. The molecule has 1 fully saturated rings. The zero-order valence-corrected chi connectivity index (χ0v) is 17.5. The van der Waals surface area contributed by atoms with Crippen molar-refractivity contribution in [2.45, 2.75) is 31.8 Å². The molecule has 2 aliphatic heterocycles. The van der Waals surface area contributed by atoms with E-state index in [1.807, 2.05) is 16.4 Å². The third-order valence-electron chi connectivity index (χ3n) is 6.03. The Morgan fingerprint density at radius 3 is 2.68 bits per heavy atom. The summed E-state index contributed by atoms with van der Waals surface area (Å²) in [6, 6.07) is 6.58. The molecule has 1 aliphatic carbocycles. The molecule has 0 unspecified atom stereocenters. The highest BCUT2D eigenvalue weighted by molar-refractivity contribution is 7.10. The molecule has 5 rings (SSSR count). The molecule has 3 nitrogen and oxygen atoms in total. The van der Waals surface area contributed by atoms with Gasteiger partial charge in [0, 0.05) is 35.3 Å². The van der Waals surface area contributed by atoms with Crippen LogP contribution in [-0.2, 0) is 0 Å². The second-order valence-corrected chi connectivity index (χ2v) is 8.87. The summed E-state index contributed by atoms with van der Waals surface area (Å²) in [4.78, 5) is 6.85. The molecule has 31 heavy (non-hydrogen) atoms. The van der Waals surface area contributed by atoms with Crippen molar-refractivity contribution in [2.75, 3.05) is 6.54 Å². The Hall–Kier alpha value is -2.80. The van der Waals surface area contributed by atoms with E-state index in [0.29, 0.717) is 11.8 Å². The highest BCUT2D eigenvalue weighted by Crippen LogP contribution is 2.43. The van der Waals surface area contributed by atoms with Crippen molar-refractivity contribution in [2.24, 2.45) is 5.92 Å². The number of hydrogen-bond donors (Lipinski definition) is 0. The first kappa shape index (κ1) is 20.1. The van der Waals surface area contributed by atoms with Crippen LogP contribution in [-0.4, -0.2) is 23.0 Å². The van der Waals surface area contributed by atoms with Crippen molar-refractivity contribution in [3.05, 3.63) is 82.3 Å². The van der Waals surface area contributed by atoms with Gasteiger partial charge >= 0.3 is 6.61 Å². The van der Waals surface area contributed by atoms with Gasteiger partial charge in [0.05, 0.1) is 10.7 Å². The molecule has 0 saturated heterocycles. The molecule has 160 valence electrons. The van der Waals surface area contributed by atoms with E-state index >= 15 is 0 Å². The van der Waals surface area contributed by atoms with E-state index < -0.39 is 6.61 Å². The van der Waals surface area contributed by atoms with Gasteiger partial charge in [-0.3, -0.25) is 0 Å². The van der Waals surface area contributed by atoms with Crippen LogP contribution in [0.3, 0.4) is 0 Å². The van der Waals surface area contributed by atoms with Crippen LogP contribution in [0.15, 0.2) is 77.2 Å². The molecule has 0 bridgehead atoms. The predicted molar refractivity (Wildman–Crippen MR) is 115 cm³/mol. The molecule has 3 aliphatic rings. The largest absolute Gasteiger partial charge is 0.435 e.